The van der Waals surface area contributed by atoms with Gasteiger partial charge in [-0.2, -0.15) is 0 Å². The van der Waals surface area contributed by atoms with E-state index in [1.807, 2.05) is 0 Å². The monoisotopic (exact) mass is 337 g/mol. The molecule has 1 aromatic rings. The van der Waals surface area contributed by atoms with Crippen LogP contribution < -0.4 is 5.32 Å². The van der Waals surface area contributed by atoms with Crippen molar-refractivity contribution >= 4 is 29.5 Å². The molecule has 0 aliphatic heterocycles. The number of aliphatic hydroxyl groups excluding tert-OH is 1. The molecule has 1 amide bonds. The van der Waals surface area contributed by atoms with Gasteiger partial charge in [-0.15, -0.1) is 0 Å². The van der Waals surface area contributed by atoms with Crippen LogP contribution in [0.4, 0.5) is 5.69 Å². The molecule has 24 heavy (non-hydrogen) atoms. The number of carboxylic acid groups (broad SMARTS) is 1. The van der Waals surface area contributed by atoms with Gasteiger partial charge in [0.25, 0.3) is 5.91 Å². The Hall–Kier alpha value is -3.20. The molecule has 0 aromatic heterocycles. The van der Waals surface area contributed by atoms with Gasteiger partial charge in [0, 0.05) is 17.8 Å². The van der Waals surface area contributed by atoms with Crippen LogP contribution in [0, 0.1) is 0 Å². The number of esters is 2. The Morgan fingerprint density at radius 1 is 1.12 bits per heavy atom. The Morgan fingerprint density at radius 2 is 1.71 bits per heavy atom. The number of aromatic carboxylic acids is 1. The first kappa shape index (κ1) is 18.8. The number of nitrogens with one attached hydrogen (secondary N) is 1. The van der Waals surface area contributed by atoms with Crippen LogP contribution in [-0.4, -0.2) is 53.8 Å². The van der Waals surface area contributed by atoms with Crippen molar-refractivity contribution in [3.8, 4) is 0 Å². The zero-order valence-electron chi connectivity index (χ0n) is 12.6. The molecule has 0 aliphatic rings. The van der Waals surface area contributed by atoms with Gasteiger partial charge in [-0.1, -0.05) is 0 Å². The number of hydrogen-bond donors (Lipinski definition) is 3. The number of hydrogen-bond acceptors (Lipinski definition) is 7. The fourth-order valence-electron chi connectivity index (χ4n) is 1.41. The molecule has 1 unspecified atom stereocenters. The molecule has 0 radical (unpaired) electrons. The van der Waals surface area contributed by atoms with Crippen LogP contribution in [0.25, 0.3) is 0 Å². The molecule has 1 atom stereocenters. The molecule has 0 heterocycles. The zero-order chi connectivity index (χ0) is 18.1. The van der Waals surface area contributed by atoms with Gasteiger partial charge in [-0.3, -0.25) is 4.79 Å². The third kappa shape index (κ3) is 6.28. The molecular formula is C15H15NO8. The van der Waals surface area contributed by atoms with Crippen LogP contribution in [0.5, 0.6) is 0 Å². The lowest BCUT2D eigenvalue weighted by atomic mass is 10.2. The lowest BCUT2D eigenvalue weighted by Crippen LogP contribution is -2.32. The molecule has 0 spiro atoms. The Bertz CT molecular complexity index is 650. The highest BCUT2D eigenvalue weighted by Gasteiger charge is 2.17. The number of carbonyl (C=O) groups is 4. The fourth-order valence-corrected chi connectivity index (χ4v) is 1.41. The summed E-state index contributed by atoms with van der Waals surface area (Å²) in [7, 11) is 1.13. The lowest BCUT2D eigenvalue weighted by Gasteiger charge is -2.11. The van der Waals surface area contributed by atoms with Gasteiger partial charge < -0.3 is 25.0 Å². The van der Waals surface area contributed by atoms with E-state index in [9.17, 15) is 24.3 Å². The first-order valence-electron chi connectivity index (χ1n) is 6.58. The van der Waals surface area contributed by atoms with E-state index in [0.29, 0.717) is 0 Å². The molecule has 0 saturated carbocycles. The largest absolute Gasteiger partial charge is 0.478 e. The number of methoxy groups -OCH3 is 1. The average molecular weight is 337 g/mol. The summed E-state index contributed by atoms with van der Waals surface area (Å²) in [6, 6.07) is 5.25. The van der Waals surface area contributed by atoms with Crippen LogP contribution in [0.2, 0.25) is 0 Å². The summed E-state index contributed by atoms with van der Waals surface area (Å²) < 4.78 is 8.86. The summed E-state index contributed by atoms with van der Waals surface area (Å²) in [4.78, 5) is 44.4. The third-order valence-electron chi connectivity index (χ3n) is 2.64. The maximum atomic E-state index is 11.7. The molecule has 0 aliphatic carbocycles. The number of carboxylic acids is 1. The van der Waals surface area contributed by atoms with Crippen molar-refractivity contribution in [1.29, 1.82) is 0 Å². The van der Waals surface area contributed by atoms with Crippen LogP contribution in [-0.2, 0) is 23.9 Å². The molecule has 1 rings (SSSR count). The van der Waals surface area contributed by atoms with Gasteiger partial charge >= 0.3 is 17.9 Å². The number of amides is 1. The number of ether oxygens (including phenoxy) is 2. The second-order valence-electron chi connectivity index (χ2n) is 4.37. The van der Waals surface area contributed by atoms with Crippen molar-refractivity contribution in [2.75, 3.05) is 19.0 Å². The van der Waals surface area contributed by atoms with E-state index in [2.05, 4.69) is 14.8 Å². The van der Waals surface area contributed by atoms with Crippen molar-refractivity contribution in [2.24, 2.45) is 0 Å². The van der Waals surface area contributed by atoms with Crippen molar-refractivity contribution in [3.05, 3.63) is 42.0 Å². The summed E-state index contributed by atoms with van der Waals surface area (Å²) in [5.41, 5.74) is 0.306. The van der Waals surface area contributed by atoms with Gasteiger partial charge in [0.15, 0.2) is 6.10 Å². The average Bonchev–Trinajstić information content (AvgIpc) is 2.57. The Kier molecular flexibility index (Phi) is 7.11. The summed E-state index contributed by atoms with van der Waals surface area (Å²) >= 11 is 0. The standard InChI is InChI=1S/C15H15NO8/c1-23-12(18)6-7-13(19)24-8-11(17)14(20)16-10-4-2-9(3-5-10)15(21)22/h2-7,11,17H,8H2,1H3,(H,16,20)(H,21,22)/b7-6+. The van der Waals surface area contributed by atoms with Crippen LogP contribution in [0.15, 0.2) is 36.4 Å². The number of rotatable bonds is 7. The Balaban J connectivity index is 2.47. The van der Waals surface area contributed by atoms with E-state index in [-0.39, 0.29) is 11.3 Å². The number of aliphatic hydroxyl groups is 1. The predicted octanol–water partition coefficient (Wildman–Crippen LogP) is -0.0434. The van der Waals surface area contributed by atoms with Gasteiger partial charge in [0.05, 0.1) is 12.7 Å². The summed E-state index contributed by atoms with van der Waals surface area (Å²) in [5.74, 6) is -3.64. The molecule has 1 aromatic carbocycles. The first-order chi connectivity index (χ1) is 11.3. The molecule has 9 nitrogen and oxygen atoms in total. The minimum Gasteiger partial charge on any atom is -0.478 e. The highest BCUT2D eigenvalue weighted by Crippen LogP contribution is 2.10. The fraction of sp³-hybridized carbons (Fsp3) is 0.200. The molecule has 3 N–H and O–H groups in total. The highest BCUT2D eigenvalue weighted by molar-refractivity contribution is 5.95. The Labute approximate surface area is 136 Å². The van der Waals surface area contributed by atoms with Crippen molar-refractivity contribution < 1.29 is 38.9 Å². The predicted molar refractivity (Wildman–Crippen MR) is 80.2 cm³/mol. The number of benzene rings is 1. The van der Waals surface area contributed by atoms with Crippen molar-refractivity contribution in [2.45, 2.75) is 6.10 Å². The smallest absolute Gasteiger partial charge is 0.335 e. The van der Waals surface area contributed by atoms with Gasteiger partial charge in [0.2, 0.25) is 0 Å². The summed E-state index contributed by atoms with van der Waals surface area (Å²) in [6.07, 6.45) is -0.0144. The number of anilines is 1. The van der Waals surface area contributed by atoms with E-state index in [1.54, 1.807) is 0 Å². The first-order valence-corrected chi connectivity index (χ1v) is 6.58. The quantitative estimate of drug-likeness (QED) is 0.465. The zero-order valence-corrected chi connectivity index (χ0v) is 12.6. The molecule has 128 valence electrons. The minimum atomic E-state index is -1.64. The topological polar surface area (TPSA) is 139 Å². The van der Waals surface area contributed by atoms with E-state index in [1.165, 1.54) is 24.3 Å². The van der Waals surface area contributed by atoms with Crippen LogP contribution in [0.3, 0.4) is 0 Å². The SMILES string of the molecule is COC(=O)/C=C/C(=O)OCC(O)C(=O)Nc1ccc(C(=O)O)cc1. The highest BCUT2D eigenvalue weighted by atomic mass is 16.5. The Morgan fingerprint density at radius 3 is 2.25 bits per heavy atom. The van der Waals surface area contributed by atoms with Crippen LogP contribution >= 0.6 is 0 Å². The molecule has 0 bridgehead atoms. The normalized spacial score (nSPS) is 11.6. The number of carbonyl (C=O) groups excluding carboxylic acids is 3. The summed E-state index contributed by atoms with van der Waals surface area (Å²) in [6.45, 7) is -0.622. The lowest BCUT2D eigenvalue weighted by molar-refractivity contribution is -0.144. The second kappa shape index (κ2) is 9.06. The van der Waals surface area contributed by atoms with E-state index in [0.717, 1.165) is 19.3 Å². The van der Waals surface area contributed by atoms with Crippen molar-refractivity contribution in [3.63, 3.8) is 0 Å². The maximum Gasteiger partial charge on any atom is 0.335 e. The van der Waals surface area contributed by atoms with Gasteiger partial charge in [0.1, 0.15) is 6.61 Å². The van der Waals surface area contributed by atoms with E-state index in [4.69, 9.17) is 5.11 Å². The minimum absolute atomic E-state index is 0.0415. The molecular weight excluding hydrogens is 322 g/mol. The van der Waals surface area contributed by atoms with Gasteiger partial charge in [-0.05, 0) is 24.3 Å². The third-order valence-corrected chi connectivity index (χ3v) is 2.64. The summed E-state index contributed by atoms with van der Waals surface area (Å²) in [5, 5.41) is 20.7. The molecule has 0 fully saturated rings. The van der Waals surface area contributed by atoms with Crippen LogP contribution in [0.1, 0.15) is 10.4 Å². The molecule has 0 saturated heterocycles. The van der Waals surface area contributed by atoms with Gasteiger partial charge in [-0.25, -0.2) is 14.4 Å². The van der Waals surface area contributed by atoms with E-state index >= 15 is 0 Å². The second-order valence-corrected chi connectivity index (χ2v) is 4.37. The van der Waals surface area contributed by atoms with E-state index < -0.39 is 36.5 Å². The molecule has 9 heteroatoms. The maximum absolute atomic E-state index is 11.7. The van der Waals surface area contributed by atoms with Crippen molar-refractivity contribution in [1.82, 2.24) is 0 Å².